The van der Waals surface area contributed by atoms with Crippen molar-refractivity contribution in [2.24, 2.45) is 0 Å². The topological polar surface area (TPSA) is 34.9 Å². The minimum atomic E-state index is -4.96. The van der Waals surface area contributed by atoms with Gasteiger partial charge in [-0.1, -0.05) is 23.2 Å². The highest BCUT2D eigenvalue weighted by molar-refractivity contribution is 9.10. The summed E-state index contributed by atoms with van der Waals surface area (Å²) in [6, 6.07) is 1.15. The highest BCUT2D eigenvalue weighted by atomic mass is 79.9. The maximum atomic E-state index is 12.7. The predicted molar refractivity (Wildman–Crippen MR) is 77.6 cm³/mol. The lowest BCUT2D eigenvalue weighted by atomic mass is 10.2. The van der Waals surface area contributed by atoms with Crippen LogP contribution >= 0.6 is 39.1 Å². The van der Waals surface area contributed by atoms with Gasteiger partial charge in [0, 0.05) is 4.47 Å². The molecule has 0 unspecified atom stereocenters. The van der Waals surface area contributed by atoms with Gasteiger partial charge in [0.2, 0.25) is 0 Å². The summed E-state index contributed by atoms with van der Waals surface area (Å²) in [5.41, 5.74) is -4.37. The fourth-order valence-corrected chi connectivity index (χ4v) is 3.07. The molecule has 0 aliphatic rings. The summed E-state index contributed by atoms with van der Waals surface area (Å²) in [4.78, 5) is 15.1. The fraction of sp³-hybridized carbons (Fsp3) is 0.167. The van der Waals surface area contributed by atoms with Crippen molar-refractivity contribution in [3.63, 3.8) is 0 Å². The molecule has 1 heterocycles. The van der Waals surface area contributed by atoms with Crippen LogP contribution < -0.4 is 5.56 Å². The molecule has 0 spiro atoms. The van der Waals surface area contributed by atoms with E-state index in [0.29, 0.717) is 23.0 Å². The Kier molecular flexibility index (Phi) is 4.95. The molecule has 130 valence electrons. The van der Waals surface area contributed by atoms with Crippen molar-refractivity contribution in [3.8, 4) is 5.69 Å². The molecule has 3 nitrogen and oxygen atoms in total. The van der Waals surface area contributed by atoms with E-state index < -0.39 is 39.2 Å². The quantitative estimate of drug-likeness (QED) is 0.544. The zero-order chi connectivity index (χ0) is 18.4. The normalized spacial score (nSPS) is 12.5. The van der Waals surface area contributed by atoms with Crippen molar-refractivity contribution in [1.29, 1.82) is 0 Å². The zero-order valence-electron chi connectivity index (χ0n) is 10.9. The van der Waals surface area contributed by atoms with Crippen LogP contribution in [0.1, 0.15) is 11.3 Å². The second-order valence-corrected chi connectivity index (χ2v) is 6.01. The van der Waals surface area contributed by atoms with E-state index in [9.17, 15) is 31.1 Å². The van der Waals surface area contributed by atoms with Crippen LogP contribution in [0.2, 0.25) is 10.0 Å². The lowest BCUT2D eigenvalue weighted by Crippen LogP contribution is -2.25. The van der Waals surface area contributed by atoms with E-state index in [1.165, 1.54) is 0 Å². The summed E-state index contributed by atoms with van der Waals surface area (Å²) >= 11 is 13.9. The van der Waals surface area contributed by atoms with Gasteiger partial charge in [-0.15, -0.1) is 0 Å². The van der Waals surface area contributed by atoms with Gasteiger partial charge in [-0.3, -0.25) is 9.36 Å². The number of hydrogen-bond acceptors (Lipinski definition) is 2. The van der Waals surface area contributed by atoms with Crippen LogP contribution in [0, 0.1) is 0 Å². The van der Waals surface area contributed by atoms with Crippen molar-refractivity contribution >= 4 is 39.1 Å². The maximum Gasteiger partial charge on any atom is 0.435 e. The Bertz CT molecular complexity index is 839. The third kappa shape index (κ3) is 3.55. The van der Waals surface area contributed by atoms with E-state index in [2.05, 4.69) is 20.9 Å². The first-order valence-electron chi connectivity index (χ1n) is 5.75. The van der Waals surface area contributed by atoms with Gasteiger partial charge in [-0.05, 0) is 28.1 Å². The van der Waals surface area contributed by atoms with Gasteiger partial charge < -0.3 is 0 Å². The number of halogens is 9. The molecule has 1 aromatic heterocycles. The molecule has 0 N–H and O–H groups in total. The lowest BCUT2D eigenvalue weighted by Gasteiger charge is -2.15. The number of aromatic nitrogens is 2. The summed E-state index contributed by atoms with van der Waals surface area (Å²) in [5, 5.41) is -1.76. The maximum absolute atomic E-state index is 12.7. The van der Waals surface area contributed by atoms with Crippen LogP contribution in [-0.4, -0.2) is 9.55 Å². The molecule has 2 aromatic rings. The van der Waals surface area contributed by atoms with E-state index in [-0.39, 0.29) is 10.2 Å². The van der Waals surface area contributed by atoms with Crippen LogP contribution in [0.25, 0.3) is 5.69 Å². The largest absolute Gasteiger partial charge is 0.435 e. The summed E-state index contributed by atoms with van der Waals surface area (Å²) in [7, 11) is 0. The Labute approximate surface area is 147 Å². The lowest BCUT2D eigenvalue weighted by molar-refractivity contribution is -0.141. The standard InChI is InChI=1S/C12H3BrCl2F6N2O/c13-5-1-4(11(16,17)18)2-6(14)8(5)23-3-22-9(12(19,20)21)7(15)10(23)24/h1-3H. The van der Waals surface area contributed by atoms with E-state index in [0.717, 1.165) is 0 Å². The van der Waals surface area contributed by atoms with Crippen molar-refractivity contribution in [1.82, 2.24) is 9.55 Å². The summed E-state index contributed by atoms with van der Waals surface area (Å²) in [6.45, 7) is 0. The van der Waals surface area contributed by atoms with Gasteiger partial charge in [0.25, 0.3) is 5.56 Å². The monoisotopic (exact) mass is 454 g/mol. The van der Waals surface area contributed by atoms with E-state index in [1.54, 1.807) is 0 Å². The highest BCUT2D eigenvalue weighted by Gasteiger charge is 2.37. The van der Waals surface area contributed by atoms with Crippen molar-refractivity contribution in [3.05, 3.63) is 54.6 Å². The summed E-state index contributed by atoms with van der Waals surface area (Å²) < 4.78 is 76.3. The third-order valence-corrected chi connectivity index (χ3v) is 4.00. The first kappa shape index (κ1) is 19.1. The third-order valence-electron chi connectivity index (χ3n) is 2.77. The van der Waals surface area contributed by atoms with Crippen LogP contribution in [0.15, 0.2) is 27.7 Å². The van der Waals surface area contributed by atoms with Crippen molar-refractivity contribution < 1.29 is 26.3 Å². The number of rotatable bonds is 1. The molecular formula is C12H3BrCl2F6N2O. The number of alkyl halides is 6. The van der Waals surface area contributed by atoms with Gasteiger partial charge in [0.1, 0.15) is 11.3 Å². The molecule has 0 fully saturated rings. The molecule has 0 bridgehead atoms. The second kappa shape index (κ2) is 6.23. The van der Waals surface area contributed by atoms with E-state index in [1.807, 2.05) is 0 Å². The van der Waals surface area contributed by atoms with E-state index in [4.69, 9.17) is 23.2 Å². The van der Waals surface area contributed by atoms with Crippen molar-refractivity contribution in [2.75, 3.05) is 0 Å². The zero-order valence-corrected chi connectivity index (χ0v) is 14.0. The Morgan fingerprint density at radius 1 is 1.04 bits per heavy atom. The van der Waals surface area contributed by atoms with Gasteiger partial charge in [0.15, 0.2) is 5.69 Å². The smallest absolute Gasteiger partial charge is 0.267 e. The molecule has 0 amide bonds. The van der Waals surface area contributed by atoms with Crippen LogP contribution in [0.3, 0.4) is 0 Å². The fourth-order valence-electron chi connectivity index (χ4n) is 1.75. The molecule has 0 aliphatic carbocycles. The predicted octanol–water partition coefficient (Wildman–Crippen LogP) is 5.34. The molecular weight excluding hydrogens is 453 g/mol. The molecule has 12 heteroatoms. The minimum Gasteiger partial charge on any atom is -0.267 e. The van der Waals surface area contributed by atoms with Crippen LogP contribution in [0.4, 0.5) is 26.3 Å². The Morgan fingerprint density at radius 3 is 2.08 bits per heavy atom. The molecule has 0 radical (unpaired) electrons. The molecule has 2 rings (SSSR count). The van der Waals surface area contributed by atoms with Gasteiger partial charge in [-0.25, -0.2) is 4.98 Å². The summed E-state index contributed by atoms with van der Waals surface area (Å²) in [5.74, 6) is 0. The Balaban J connectivity index is 2.71. The first-order chi connectivity index (χ1) is 10.8. The van der Waals surface area contributed by atoms with Crippen LogP contribution in [-0.2, 0) is 12.4 Å². The molecule has 24 heavy (non-hydrogen) atoms. The Hall–Kier alpha value is -1.26. The Morgan fingerprint density at radius 2 is 1.62 bits per heavy atom. The molecule has 1 aromatic carbocycles. The van der Waals surface area contributed by atoms with Crippen LogP contribution in [0.5, 0.6) is 0 Å². The number of hydrogen-bond donors (Lipinski definition) is 0. The average Bonchev–Trinajstić information content (AvgIpc) is 2.40. The molecule has 0 saturated heterocycles. The van der Waals surface area contributed by atoms with Gasteiger partial charge in [-0.2, -0.15) is 26.3 Å². The SMILES string of the molecule is O=c1c(Cl)c(C(F)(F)F)ncn1-c1c(Cl)cc(C(F)(F)F)cc1Br. The highest BCUT2D eigenvalue weighted by Crippen LogP contribution is 2.38. The number of benzene rings is 1. The van der Waals surface area contributed by atoms with Gasteiger partial charge in [0.05, 0.1) is 16.3 Å². The molecule has 0 saturated carbocycles. The summed E-state index contributed by atoms with van der Waals surface area (Å²) in [6.07, 6.45) is -9.18. The average molecular weight is 456 g/mol. The molecule has 0 aliphatic heterocycles. The second-order valence-electron chi connectivity index (χ2n) is 4.37. The number of nitrogens with zero attached hydrogens (tertiary/aromatic N) is 2. The molecule has 0 atom stereocenters. The minimum absolute atomic E-state index is 0.276. The first-order valence-corrected chi connectivity index (χ1v) is 7.30. The van der Waals surface area contributed by atoms with E-state index >= 15 is 0 Å². The van der Waals surface area contributed by atoms with Crippen molar-refractivity contribution in [2.45, 2.75) is 12.4 Å². The van der Waals surface area contributed by atoms with Gasteiger partial charge >= 0.3 is 12.4 Å².